The average Bonchev–Trinajstić information content (AvgIpc) is 2.50. The largest absolute Gasteiger partial charge is 0.462 e. The van der Waals surface area contributed by atoms with Crippen LogP contribution < -0.4 is 5.32 Å². The van der Waals surface area contributed by atoms with Crippen molar-refractivity contribution in [2.45, 2.75) is 20.3 Å². The molecule has 1 aromatic rings. The van der Waals surface area contributed by atoms with Gasteiger partial charge >= 0.3 is 11.9 Å². The van der Waals surface area contributed by atoms with Gasteiger partial charge in [0.2, 0.25) is 0 Å². The fourth-order valence-corrected chi connectivity index (χ4v) is 1.67. The van der Waals surface area contributed by atoms with Crippen LogP contribution in [-0.4, -0.2) is 36.9 Å². The van der Waals surface area contributed by atoms with Gasteiger partial charge in [-0.1, -0.05) is 12.1 Å². The first-order valence-corrected chi connectivity index (χ1v) is 7.13. The molecule has 0 aromatic heterocycles. The first-order valence-electron chi connectivity index (χ1n) is 7.13. The van der Waals surface area contributed by atoms with Gasteiger partial charge in [-0.05, 0) is 38.0 Å². The zero-order valence-electron chi connectivity index (χ0n) is 12.8. The number of esters is 2. The highest BCUT2D eigenvalue weighted by Crippen LogP contribution is 2.11. The van der Waals surface area contributed by atoms with Crippen LogP contribution in [0.2, 0.25) is 0 Å². The van der Waals surface area contributed by atoms with Crippen LogP contribution in [0.3, 0.4) is 0 Å². The van der Waals surface area contributed by atoms with E-state index in [0.29, 0.717) is 12.1 Å². The van der Waals surface area contributed by atoms with Crippen molar-refractivity contribution in [2.24, 2.45) is 0 Å². The number of benzene rings is 1. The molecule has 0 fully saturated rings. The summed E-state index contributed by atoms with van der Waals surface area (Å²) in [7, 11) is 0. The number of ether oxygens (including phenoxy) is 2. The Kier molecular flexibility index (Phi) is 7.70. The lowest BCUT2D eigenvalue weighted by molar-refractivity contribution is -0.146. The van der Waals surface area contributed by atoms with Crippen LogP contribution >= 0.6 is 0 Å². The Morgan fingerprint density at radius 3 is 2.09 bits per heavy atom. The molecule has 6 nitrogen and oxygen atoms in total. The van der Waals surface area contributed by atoms with Crippen LogP contribution in [0, 0.1) is 0 Å². The first-order chi connectivity index (χ1) is 10.6. The van der Waals surface area contributed by atoms with E-state index in [-0.39, 0.29) is 25.4 Å². The summed E-state index contributed by atoms with van der Waals surface area (Å²) in [5.41, 5.74) is 1.50. The molecule has 0 aliphatic carbocycles. The topological polar surface area (TPSA) is 84.9 Å². The molecule has 22 heavy (non-hydrogen) atoms. The van der Waals surface area contributed by atoms with Gasteiger partial charge in [-0.25, -0.2) is 9.59 Å². The normalized spacial score (nSPS) is 9.77. The molecule has 2 N–H and O–H groups in total. The van der Waals surface area contributed by atoms with Crippen LogP contribution in [-0.2, 0) is 25.5 Å². The Morgan fingerprint density at radius 2 is 1.64 bits per heavy atom. The minimum absolute atomic E-state index is 0.0859. The molecule has 0 spiro atoms. The van der Waals surface area contributed by atoms with E-state index in [4.69, 9.17) is 14.6 Å². The van der Waals surface area contributed by atoms with Crippen molar-refractivity contribution >= 4 is 17.6 Å². The van der Waals surface area contributed by atoms with Crippen LogP contribution in [0.25, 0.3) is 0 Å². The third kappa shape index (κ3) is 5.57. The Hall–Kier alpha value is -2.34. The van der Waals surface area contributed by atoms with Crippen LogP contribution in [0.4, 0.5) is 5.69 Å². The maximum atomic E-state index is 11.8. The molecule has 0 aliphatic heterocycles. The maximum absolute atomic E-state index is 11.8. The summed E-state index contributed by atoms with van der Waals surface area (Å²) in [5, 5.41) is 11.7. The highest BCUT2D eigenvalue weighted by atomic mass is 16.6. The highest BCUT2D eigenvalue weighted by Gasteiger charge is 2.20. The second-order valence-corrected chi connectivity index (χ2v) is 4.31. The molecule has 0 heterocycles. The Balaban J connectivity index is 2.82. The van der Waals surface area contributed by atoms with Gasteiger partial charge in [0, 0.05) is 18.5 Å². The number of aliphatic hydroxyl groups is 1. The lowest BCUT2D eigenvalue weighted by Crippen LogP contribution is -2.19. The Labute approximate surface area is 129 Å². The highest BCUT2D eigenvalue weighted by molar-refractivity contribution is 6.14. The fraction of sp³-hybridized carbons (Fsp3) is 0.375. The molecule has 0 atom stereocenters. The third-order valence-electron chi connectivity index (χ3n) is 2.73. The number of anilines is 1. The second-order valence-electron chi connectivity index (χ2n) is 4.31. The van der Waals surface area contributed by atoms with Gasteiger partial charge in [-0.3, -0.25) is 0 Å². The monoisotopic (exact) mass is 307 g/mol. The summed E-state index contributed by atoms with van der Waals surface area (Å²) in [6.07, 6.45) is 1.85. The summed E-state index contributed by atoms with van der Waals surface area (Å²) in [6.45, 7) is 3.75. The third-order valence-corrected chi connectivity index (χ3v) is 2.73. The summed E-state index contributed by atoms with van der Waals surface area (Å²) < 4.78 is 9.67. The summed E-state index contributed by atoms with van der Waals surface area (Å²) in [5.74, 6) is -1.46. The van der Waals surface area contributed by atoms with Crippen molar-refractivity contribution in [1.29, 1.82) is 0 Å². The summed E-state index contributed by atoms with van der Waals surface area (Å²) >= 11 is 0. The van der Waals surface area contributed by atoms with Crippen molar-refractivity contribution in [3.8, 4) is 0 Å². The number of rotatable bonds is 8. The van der Waals surface area contributed by atoms with E-state index in [2.05, 4.69) is 5.32 Å². The molecule has 1 aromatic carbocycles. The number of hydrogen-bond donors (Lipinski definition) is 2. The molecule has 0 saturated carbocycles. The van der Waals surface area contributed by atoms with Crippen molar-refractivity contribution in [3.63, 3.8) is 0 Å². The molecular weight excluding hydrogens is 286 g/mol. The van der Waals surface area contributed by atoms with Gasteiger partial charge in [-0.15, -0.1) is 0 Å². The average molecular weight is 307 g/mol. The smallest absolute Gasteiger partial charge is 0.347 e. The van der Waals surface area contributed by atoms with E-state index >= 15 is 0 Å². The van der Waals surface area contributed by atoms with E-state index < -0.39 is 11.9 Å². The van der Waals surface area contributed by atoms with Crippen LogP contribution in [0.5, 0.6) is 0 Å². The van der Waals surface area contributed by atoms with Crippen LogP contribution in [0.15, 0.2) is 36.0 Å². The molecule has 0 saturated heterocycles. The van der Waals surface area contributed by atoms with Gasteiger partial charge in [-0.2, -0.15) is 0 Å². The number of aliphatic hydroxyl groups excluding tert-OH is 1. The van der Waals surface area contributed by atoms with Crippen molar-refractivity contribution in [1.82, 2.24) is 0 Å². The first kappa shape index (κ1) is 17.7. The zero-order valence-corrected chi connectivity index (χ0v) is 12.8. The predicted molar refractivity (Wildman–Crippen MR) is 82.2 cm³/mol. The minimum Gasteiger partial charge on any atom is -0.462 e. The van der Waals surface area contributed by atoms with Gasteiger partial charge in [0.05, 0.1) is 13.2 Å². The van der Waals surface area contributed by atoms with Crippen molar-refractivity contribution < 1.29 is 24.2 Å². The quantitative estimate of drug-likeness (QED) is 0.329. The molecule has 0 bridgehead atoms. The van der Waals surface area contributed by atoms with Gasteiger partial charge in [0.15, 0.2) is 5.57 Å². The van der Waals surface area contributed by atoms with E-state index in [1.807, 2.05) is 12.1 Å². The lowest BCUT2D eigenvalue weighted by Gasteiger charge is -2.08. The molecule has 0 amide bonds. The predicted octanol–water partition coefficient (Wildman–Crippen LogP) is 1.64. The second kappa shape index (κ2) is 9.57. The van der Waals surface area contributed by atoms with E-state index in [0.717, 1.165) is 5.56 Å². The molecular formula is C16H21NO5. The molecule has 0 radical (unpaired) electrons. The Bertz CT molecular complexity index is 502. The van der Waals surface area contributed by atoms with Gasteiger partial charge in [0.25, 0.3) is 0 Å². The molecule has 120 valence electrons. The number of hydrogen-bond acceptors (Lipinski definition) is 6. The van der Waals surface area contributed by atoms with E-state index in [9.17, 15) is 9.59 Å². The van der Waals surface area contributed by atoms with Gasteiger partial charge in [0.1, 0.15) is 0 Å². The molecule has 0 unspecified atom stereocenters. The maximum Gasteiger partial charge on any atom is 0.347 e. The van der Waals surface area contributed by atoms with Gasteiger partial charge < -0.3 is 19.9 Å². The number of carbonyl (C=O) groups excluding carboxylic acids is 2. The minimum atomic E-state index is -0.731. The van der Waals surface area contributed by atoms with E-state index in [1.54, 1.807) is 26.0 Å². The standard InChI is InChI=1S/C16H21NO5/c1-3-21-15(19)14(16(20)22-4-2)11-17-13-7-5-12(6-8-13)9-10-18/h5-8,11,17-18H,3-4,9-10H2,1-2H3. The SMILES string of the molecule is CCOC(=O)C(=CNc1ccc(CCO)cc1)C(=O)OCC. The van der Waals surface area contributed by atoms with E-state index in [1.165, 1.54) is 6.20 Å². The fourth-order valence-electron chi connectivity index (χ4n) is 1.67. The Morgan fingerprint density at radius 1 is 1.09 bits per heavy atom. The van der Waals surface area contributed by atoms with Crippen molar-refractivity contribution in [2.75, 3.05) is 25.1 Å². The van der Waals surface area contributed by atoms with Crippen LogP contribution in [0.1, 0.15) is 19.4 Å². The molecule has 0 aliphatic rings. The summed E-state index contributed by atoms with van der Waals surface area (Å²) in [4.78, 5) is 23.5. The number of nitrogens with one attached hydrogen (secondary N) is 1. The summed E-state index contributed by atoms with van der Waals surface area (Å²) in [6, 6.07) is 7.27. The number of carbonyl (C=O) groups is 2. The van der Waals surface area contributed by atoms with Crippen molar-refractivity contribution in [3.05, 3.63) is 41.6 Å². The molecule has 6 heteroatoms. The zero-order chi connectivity index (χ0) is 16.4. The molecule has 1 rings (SSSR count). The lowest BCUT2D eigenvalue weighted by atomic mass is 10.1.